The summed E-state index contributed by atoms with van der Waals surface area (Å²) in [7, 11) is 1.60. The van der Waals surface area contributed by atoms with Crippen molar-refractivity contribution in [3.05, 3.63) is 35.4 Å². The molecule has 0 N–H and O–H groups in total. The summed E-state index contributed by atoms with van der Waals surface area (Å²) >= 11 is 5.73. The maximum atomic E-state index is 13.8. The monoisotopic (exact) mass is 255 g/mol. The van der Waals surface area contributed by atoms with E-state index >= 15 is 0 Å². The first kappa shape index (κ1) is 12.0. The molecule has 0 atom stereocenters. The molecule has 0 amide bonds. The molecule has 0 fully saturated rings. The zero-order valence-electron chi connectivity index (χ0n) is 9.23. The maximum Gasteiger partial charge on any atom is 0.166 e. The molecule has 90 valence electrons. The summed E-state index contributed by atoms with van der Waals surface area (Å²) in [5.74, 6) is -0.0390. The first-order valence-electron chi connectivity index (χ1n) is 5.05. The zero-order chi connectivity index (χ0) is 12.3. The SMILES string of the molecule is COCCn1cnnc1-c1cccc(Cl)c1F. The van der Waals surface area contributed by atoms with Crippen molar-refractivity contribution < 1.29 is 9.13 Å². The van der Waals surface area contributed by atoms with Gasteiger partial charge in [-0.2, -0.15) is 0 Å². The van der Waals surface area contributed by atoms with Crippen molar-refractivity contribution in [1.29, 1.82) is 0 Å². The highest BCUT2D eigenvalue weighted by molar-refractivity contribution is 6.31. The van der Waals surface area contributed by atoms with E-state index in [0.717, 1.165) is 0 Å². The van der Waals surface area contributed by atoms with Crippen LogP contribution in [0.2, 0.25) is 5.02 Å². The number of benzene rings is 1. The number of rotatable bonds is 4. The van der Waals surface area contributed by atoms with Crippen LogP contribution in [0, 0.1) is 5.82 Å². The molecule has 1 heterocycles. The summed E-state index contributed by atoms with van der Waals surface area (Å²) in [5.41, 5.74) is 0.339. The van der Waals surface area contributed by atoms with E-state index in [4.69, 9.17) is 16.3 Å². The molecule has 0 spiro atoms. The predicted molar refractivity (Wildman–Crippen MR) is 62.3 cm³/mol. The fourth-order valence-corrected chi connectivity index (χ4v) is 1.67. The molecule has 1 aromatic heterocycles. The Bertz CT molecular complexity index is 515. The van der Waals surface area contributed by atoms with Crippen LogP contribution >= 0.6 is 11.6 Å². The van der Waals surface area contributed by atoms with E-state index in [-0.39, 0.29) is 5.02 Å². The molecule has 6 heteroatoms. The molecule has 0 radical (unpaired) electrons. The molecule has 17 heavy (non-hydrogen) atoms. The molecular weight excluding hydrogens is 245 g/mol. The first-order valence-corrected chi connectivity index (χ1v) is 5.43. The normalized spacial score (nSPS) is 10.8. The van der Waals surface area contributed by atoms with Gasteiger partial charge in [-0.1, -0.05) is 17.7 Å². The van der Waals surface area contributed by atoms with Gasteiger partial charge in [0, 0.05) is 13.7 Å². The van der Waals surface area contributed by atoms with Crippen molar-refractivity contribution in [3.8, 4) is 11.4 Å². The lowest BCUT2D eigenvalue weighted by atomic mass is 10.2. The van der Waals surface area contributed by atoms with Gasteiger partial charge in [0.25, 0.3) is 0 Å². The Morgan fingerprint density at radius 3 is 3.06 bits per heavy atom. The molecule has 2 aromatic rings. The van der Waals surface area contributed by atoms with Gasteiger partial charge in [-0.15, -0.1) is 10.2 Å². The minimum Gasteiger partial charge on any atom is -0.383 e. The van der Waals surface area contributed by atoms with Gasteiger partial charge in [-0.25, -0.2) is 4.39 Å². The number of hydrogen-bond donors (Lipinski definition) is 0. The van der Waals surface area contributed by atoms with E-state index in [0.29, 0.717) is 24.5 Å². The van der Waals surface area contributed by atoms with Crippen molar-refractivity contribution in [2.45, 2.75) is 6.54 Å². The number of ether oxygens (including phenoxy) is 1. The largest absolute Gasteiger partial charge is 0.383 e. The summed E-state index contributed by atoms with van der Waals surface area (Å²) in [6, 6.07) is 4.79. The lowest BCUT2D eigenvalue weighted by Crippen LogP contribution is -2.05. The average molecular weight is 256 g/mol. The summed E-state index contributed by atoms with van der Waals surface area (Å²) in [5, 5.41) is 7.74. The van der Waals surface area contributed by atoms with Gasteiger partial charge in [0.15, 0.2) is 11.6 Å². The van der Waals surface area contributed by atoms with E-state index < -0.39 is 5.82 Å². The van der Waals surface area contributed by atoms with E-state index in [1.54, 1.807) is 23.8 Å². The third-order valence-corrected chi connectivity index (χ3v) is 2.64. The minimum atomic E-state index is -0.485. The highest BCUT2D eigenvalue weighted by Crippen LogP contribution is 2.25. The van der Waals surface area contributed by atoms with E-state index in [9.17, 15) is 4.39 Å². The number of nitrogens with zero attached hydrogens (tertiary/aromatic N) is 3. The second-order valence-electron chi connectivity index (χ2n) is 3.44. The highest BCUT2D eigenvalue weighted by atomic mass is 35.5. The maximum absolute atomic E-state index is 13.8. The van der Waals surface area contributed by atoms with Crippen molar-refractivity contribution >= 4 is 11.6 Å². The zero-order valence-corrected chi connectivity index (χ0v) is 9.99. The average Bonchev–Trinajstić information content (AvgIpc) is 2.78. The Morgan fingerprint density at radius 2 is 2.29 bits per heavy atom. The molecule has 0 aliphatic heterocycles. The molecule has 0 unspecified atom stereocenters. The predicted octanol–water partition coefficient (Wildman–Crippen LogP) is 2.38. The smallest absolute Gasteiger partial charge is 0.166 e. The number of halogens is 2. The number of methoxy groups -OCH3 is 1. The lowest BCUT2D eigenvalue weighted by Gasteiger charge is -2.07. The highest BCUT2D eigenvalue weighted by Gasteiger charge is 2.13. The number of aromatic nitrogens is 3. The molecule has 0 aliphatic carbocycles. The van der Waals surface area contributed by atoms with E-state index in [1.807, 2.05) is 0 Å². The molecular formula is C11H11ClFN3O. The fraction of sp³-hybridized carbons (Fsp3) is 0.273. The van der Waals surface area contributed by atoms with Crippen molar-refractivity contribution in [3.63, 3.8) is 0 Å². The van der Waals surface area contributed by atoms with Crippen LogP contribution in [-0.4, -0.2) is 28.5 Å². The second kappa shape index (κ2) is 5.25. The third-order valence-electron chi connectivity index (χ3n) is 2.34. The first-order chi connectivity index (χ1) is 8.24. The minimum absolute atomic E-state index is 0.0730. The lowest BCUT2D eigenvalue weighted by molar-refractivity contribution is 0.187. The van der Waals surface area contributed by atoms with Gasteiger partial charge >= 0.3 is 0 Å². The fourth-order valence-electron chi connectivity index (χ4n) is 1.49. The van der Waals surface area contributed by atoms with Crippen LogP contribution < -0.4 is 0 Å². The molecule has 2 rings (SSSR count). The topological polar surface area (TPSA) is 39.9 Å². The van der Waals surface area contributed by atoms with Crippen LogP contribution in [0.1, 0.15) is 0 Å². The Labute approximate surface area is 103 Å². The van der Waals surface area contributed by atoms with Gasteiger partial charge in [-0.3, -0.25) is 0 Å². The Kier molecular flexibility index (Phi) is 3.71. The van der Waals surface area contributed by atoms with Gasteiger partial charge in [0.05, 0.1) is 17.2 Å². The van der Waals surface area contributed by atoms with Crippen molar-refractivity contribution in [2.75, 3.05) is 13.7 Å². The van der Waals surface area contributed by atoms with Gasteiger partial charge < -0.3 is 9.30 Å². The Morgan fingerprint density at radius 1 is 1.47 bits per heavy atom. The van der Waals surface area contributed by atoms with Crippen molar-refractivity contribution in [2.24, 2.45) is 0 Å². The van der Waals surface area contributed by atoms with E-state index in [1.165, 1.54) is 12.4 Å². The van der Waals surface area contributed by atoms with Crippen molar-refractivity contribution in [1.82, 2.24) is 14.8 Å². The molecule has 4 nitrogen and oxygen atoms in total. The third kappa shape index (κ3) is 2.45. The Hall–Kier alpha value is -1.46. The standard InChI is InChI=1S/C11H11ClFN3O/c1-17-6-5-16-7-14-15-11(16)8-3-2-4-9(12)10(8)13/h2-4,7H,5-6H2,1H3. The molecule has 1 aromatic carbocycles. The van der Waals surface area contributed by atoms with Crippen LogP contribution in [-0.2, 0) is 11.3 Å². The quantitative estimate of drug-likeness (QED) is 0.842. The summed E-state index contributed by atoms with van der Waals surface area (Å²) < 4.78 is 20.5. The van der Waals surface area contributed by atoms with Crippen LogP contribution in [0.4, 0.5) is 4.39 Å². The van der Waals surface area contributed by atoms with Crippen LogP contribution in [0.15, 0.2) is 24.5 Å². The van der Waals surface area contributed by atoms with Crippen LogP contribution in [0.25, 0.3) is 11.4 Å². The molecule has 0 bridgehead atoms. The van der Waals surface area contributed by atoms with E-state index in [2.05, 4.69) is 10.2 Å². The van der Waals surface area contributed by atoms with Gasteiger partial charge in [0.2, 0.25) is 0 Å². The molecule has 0 aliphatic rings. The second-order valence-corrected chi connectivity index (χ2v) is 3.85. The number of hydrogen-bond acceptors (Lipinski definition) is 3. The van der Waals surface area contributed by atoms with Gasteiger partial charge in [0.1, 0.15) is 6.33 Å². The van der Waals surface area contributed by atoms with Gasteiger partial charge in [-0.05, 0) is 12.1 Å². The van der Waals surface area contributed by atoms with Crippen LogP contribution in [0.3, 0.4) is 0 Å². The summed E-state index contributed by atoms with van der Waals surface area (Å²) in [4.78, 5) is 0. The van der Waals surface area contributed by atoms with Crippen LogP contribution in [0.5, 0.6) is 0 Å². The summed E-state index contributed by atoms with van der Waals surface area (Å²) in [6.45, 7) is 1.07. The molecule has 0 saturated carbocycles. The molecule has 0 saturated heterocycles. The Balaban J connectivity index is 2.39. The summed E-state index contributed by atoms with van der Waals surface area (Å²) in [6.07, 6.45) is 1.54.